The zero-order valence-corrected chi connectivity index (χ0v) is 11.2. The molecule has 2 rings (SSSR count). The first-order chi connectivity index (χ1) is 9.26. The van der Waals surface area contributed by atoms with Crippen molar-refractivity contribution in [3.05, 3.63) is 30.6 Å². The number of rotatable bonds is 5. The van der Waals surface area contributed by atoms with Gasteiger partial charge >= 0.3 is 0 Å². The number of carbonyl (C=O) groups excluding carboxylic acids is 1. The summed E-state index contributed by atoms with van der Waals surface area (Å²) < 4.78 is 5.52. The second-order valence-corrected chi connectivity index (χ2v) is 4.05. The number of aromatic nitrogens is 2. The summed E-state index contributed by atoms with van der Waals surface area (Å²) in [6, 6.07) is 7.56. The predicted molar refractivity (Wildman–Crippen MR) is 73.0 cm³/mol. The van der Waals surface area contributed by atoms with Crippen molar-refractivity contribution in [1.29, 1.82) is 0 Å². The van der Waals surface area contributed by atoms with E-state index in [9.17, 15) is 4.79 Å². The predicted octanol–water partition coefficient (Wildman–Crippen LogP) is 1.88. The van der Waals surface area contributed by atoms with Crippen LogP contribution in [-0.4, -0.2) is 40.5 Å². The number of nitrogens with zero attached hydrogens (tertiary/aromatic N) is 3. The molecular weight excluding hydrogens is 242 g/mol. The summed E-state index contributed by atoms with van der Waals surface area (Å²) in [5.74, 6) is 0.416. The summed E-state index contributed by atoms with van der Waals surface area (Å²) in [6.45, 7) is 5.26. The fourth-order valence-electron chi connectivity index (χ4n) is 1.89. The third kappa shape index (κ3) is 2.99. The maximum Gasteiger partial charge on any atom is 0.260 e. The highest BCUT2D eigenvalue weighted by molar-refractivity contribution is 5.84. The third-order valence-corrected chi connectivity index (χ3v) is 2.95. The van der Waals surface area contributed by atoms with Gasteiger partial charge in [-0.15, -0.1) is 0 Å². The van der Waals surface area contributed by atoms with Crippen LogP contribution in [0, 0.1) is 0 Å². The molecule has 0 saturated heterocycles. The molecule has 0 N–H and O–H groups in total. The largest absolute Gasteiger partial charge is 0.467 e. The minimum atomic E-state index is -0.0345. The van der Waals surface area contributed by atoms with E-state index in [4.69, 9.17) is 4.74 Å². The molecule has 0 atom stereocenters. The Balaban J connectivity index is 2.12. The maximum absolute atomic E-state index is 11.9. The Morgan fingerprint density at radius 3 is 2.68 bits per heavy atom. The van der Waals surface area contributed by atoms with Gasteiger partial charge in [0.05, 0.1) is 10.9 Å². The van der Waals surface area contributed by atoms with Gasteiger partial charge in [-0.25, -0.2) is 9.97 Å². The average Bonchev–Trinajstić information content (AvgIpc) is 2.46. The number of hydrogen-bond donors (Lipinski definition) is 0. The molecule has 1 amide bonds. The molecule has 0 aliphatic carbocycles. The minimum absolute atomic E-state index is 0.00267. The number of hydrogen-bond acceptors (Lipinski definition) is 4. The van der Waals surface area contributed by atoms with Crippen LogP contribution in [0.4, 0.5) is 0 Å². The first-order valence-electron chi connectivity index (χ1n) is 6.36. The van der Waals surface area contributed by atoms with E-state index in [0.717, 1.165) is 10.9 Å². The summed E-state index contributed by atoms with van der Waals surface area (Å²) in [6.07, 6.45) is 1.44. The third-order valence-electron chi connectivity index (χ3n) is 2.95. The lowest BCUT2D eigenvalue weighted by molar-refractivity contribution is -0.133. The van der Waals surface area contributed by atoms with Crippen molar-refractivity contribution in [1.82, 2.24) is 14.9 Å². The molecule has 0 saturated carbocycles. The molecule has 0 radical (unpaired) electrons. The first-order valence-corrected chi connectivity index (χ1v) is 6.36. The highest BCUT2D eigenvalue weighted by Crippen LogP contribution is 2.20. The lowest BCUT2D eigenvalue weighted by atomic mass is 10.2. The number of amides is 1. The molecule has 5 heteroatoms. The lowest BCUT2D eigenvalue weighted by Crippen LogP contribution is -2.34. The van der Waals surface area contributed by atoms with E-state index in [1.807, 2.05) is 38.1 Å². The molecule has 5 nitrogen and oxygen atoms in total. The van der Waals surface area contributed by atoms with E-state index >= 15 is 0 Å². The minimum Gasteiger partial charge on any atom is -0.467 e. The molecule has 0 unspecified atom stereocenters. The average molecular weight is 259 g/mol. The fourth-order valence-corrected chi connectivity index (χ4v) is 1.89. The van der Waals surface area contributed by atoms with Crippen LogP contribution in [0.1, 0.15) is 13.8 Å². The number of ether oxygens (including phenoxy) is 1. The summed E-state index contributed by atoms with van der Waals surface area (Å²) in [5.41, 5.74) is 0.808. The second kappa shape index (κ2) is 6.13. The Morgan fingerprint density at radius 2 is 1.95 bits per heavy atom. The highest BCUT2D eigenvalue weighted by Gasteiger charge is 2.11. The summed E-state index contributed by atoms with van der Waals surface area (Å²) in [4.78, 5) is 21.8. The van der Waals surface area contributed by atoms with Crippen LogP contribution < -0.4 is 4.74 Å². The van der Waals surface area contributed by atoms with Crippen LogP contribution in [0.25, 0.3) is 10.9 Å². The molecule has 1 heterocycles. The second-order valence-electron chi connectivity index (χ2n) is 4.05. The molecule has 0 aliphatic heterocycles. The smallest absolute Gasteiger partial charge is 0.260 e. The highest BCUT2D eigenvalue weighted by atomic mass is 16.5. The van der Waals surface area contributed by atoms with Crippen molar-refractivity contribution < 1.29 is 9.53 Å². The summed E-state index contributed by atoms with van der Waals surface area (Å²) in [5, 5.41) is 0.817. The molecule has 2 aromatic rings. The van der Waals surface area contributed by atoms with Gasteiger partial charge in [0, 0.05) is 13.1 Å². The molecule has 0 spiro atoms. The van der Waals surface area contributed by atoms with Gasteiger partial charge in [0.15, 0.2) is 6.61 Å². The van der Waals surface area contributed by atoms with Gasteiger partial charge in [0.1, 0.15) is 6.33 Å². The monoisotopic (exact) mass is 259 g/mol. The van der Waals surface area contributed by atoms with Crippen LogP contribution in [-0.2, 0) is 4.79 Å². The van der Waals surface area contributed by atoms with E-state index in [1.165, 1.54) is 6.33 Å². The molecular formula is C14H17N3O2. The molecule has 0 aliphatic rings. The molecule has 0 fully saturated rings. The Bertz CT molecular complexity index is 562. The van der Waals surface area contributed by atoms with E-state index in [1.54, 1.807) is 4.90 Å². The maximum atomic E-state index is 11.9. The van der Waals surface area contributed by atoms with Gasteiger partial charge in [-0.2, -0.15) is 0 Å². The van der Waals surface area contributed by atoms with Crippen LogP contribution in [0.15, 0.2) is 30.6 Å². The van der Waals surface area contributed by atoms with E-state index < -0.39 is 0 Å². The standard InChI is InChI=1S/C14H17N3O2/c1-3-17(4-2)13(18)9-19-14-11-7-5-6-8-12(11)15-10-16-14/h5-8,10H,3-4,9H2,1-2H3. The number of benzene rings is 1. The number of likely N-dealkylation sites (N-methyl/N-ethyl adjacent to an activating group) is 1. The topological polar surface area (TPSA) is 55.3 Å². The Morgan fingerprint density at radius 1 is 1.21 bits per heavy atom. The van der Waals surface area contributed by atoms with E-state index in [0.29, 0.717) is 19.0 Å². The van der Waals surface area contributed by atoms with Gasteiger partial charge < -0.3 is 9.64 Å². The normalized spacial score (nSPS) is 10.4. The number of para-hydroxylation sites is 1. The SMILES string of the molecule is CCN(CC)C(=O)COc1ncnc2ccccc12. The van der Waals surface area contributed by atoms with Gasteiger partial charge in [0.25, 0.3) is 5.91 Å². The van der Waals surface area contributed by atoms with Gasteiger partial charge in [0.2, 0.25) is 5.88 Å². The summed E-state index contributed by atoms with van der Waals surface area (Å²) >= 11 is 0. The summed E-state index contributed by atoms with van der Waals surface area (Å²) in [7, 11) is 0. The van der Waals surface area contributed by atoms with Gasteiger partial charge in [-0.1, -0.05) is 12.1 Å². The lowest BCUT2D eigenvalue weighted by Gasteiger charge is -2.18. The molecule has 100 valence electrons. The van der Waals surface area contributed by atoms with E-state index in [2.05, 4.69) is 9.97 Å². The Kier molecular flexibility index (Phi) is 4.28. The van der Waals surface area contributed by atoms with Crippen molar-refractivity contribution in [2.45, 2.75) is 13.8 Å². The van der Waals surface area contributed by atoms with Crippen molar-refractivity contribution in [3.63, 3.8) is 0 Å². The fraction of sp³-hybridized carbons (Fsp3) is 0.357. The van der Waals surface area contributed by atoms with Crippen molar-refractivity contribution >= 4 is 16.8 Å². The Labute approximate surface area is 112 Å². The van der Waals surface area contributed by atoms with Crippen LogP contribution in [0.5, 0.6) is 5.88 Å². The van der Waals surface area contributed by atoms with Crippen molar-refractivity contribution in [2.24, 2.45) is 0 Å². The Hall–Kier alpha value is -2.17. The van der Waals surface area contributed by atoms with Crippen LogP contribution >= 0.6 is 0 Å². The van der Waals surface area contributed by atoms with Crippen molar-refractivity contribution in [2.75, 3.05) is 19.7 Å². The van der Waals surface area contributed by atoms with Gasteiger partial charge in [-0.3, -0.25) is 4.79 Å². The molecule has 1 aromatic carbocycles. The zero-order chi connectivity index (χ0) is 13.7. The first kappa shape index (κ1) is 13.3. The quantitative estimate of drug-likeness (QED) is 0.822. The zero-order valence-electron chi connectivity index (χ0n) is 11.2. The number of fused-ring (bicyclic) bond motifs is 1. The van der Waals surface area contributed by atoms with Crippen molar-refractivity contribution in [3.8, 4) is 5.88 Å². The van der Waals surface area contributed by atoms with E-state index in [-0.39, 0.29) is 12.5 Å². The molecule has 19 heavy (non-hydrogen) atoms. The van der Waals surface area contributed by atoms with Crippen LogP contribution in [0.2, 0.25) is 0 Å². The van der Waals surface area contributed by atoms with Gasteiger partial charge in [-0.05, 0) is 26.0 Å². The molecule has 1 aromatic heterocycles. The number of carbonyl (C=O) groups is 1. The molecule has 0 bridgehead atoms. The van der Waals surface area contributed by atoms with Crippen LogP contribution in [0.3, 0.4) is 0 Å².